The number of nitrogens with zero attached hydrogens (tertiary/aromatic N) is 2. The molecule has 0 amide bonds. The van der Waals surface area contributed by atoms with Gasteiger partial charge in [-0.25, -0.2) is 9.79 Å². The van der Waals surface area contributed by atoms with Gasteiger partial charge in [-0.05, 0) is 35.9 Å². The fourth-order valence-electron chi connectivity index (χ4n) is 2.73. The average Bonchev–Trinajstić information content (AvgIpc) is 3.28. The molecule has 0 saturated heterocycles. The number of ether oxygens (including phenoxy) is 4. The van der Waals surface area contributed by atoms with Crippen LogP contribution in [0.15, 0.2) is 47.1 Å². The number of aliphatic imine (C=N–C) groups is 1. The number of carbonyl (C=O) groups excluding carboxylic acids is 2. The Morgan fingerprint density at radius 1 is 1.21 bits per heavy atom. The van der Waals surface area contributed by atoms with E-state index in [0.29, 0.717) is 22.6 Å². The highest BCUT2D eigenvalue weighted by atomic mass is 16.7. The van der Waals surface area contributed by atoms with Crippen LogP contribution < -0.4 is 14.2 Å². The first-order valence-electron chi connectivity index (χ1n) is 8.30. The molecule has 0 aliphatic carbocycles. The van der Waals surface area contributed by atoms with Gasteiger partial charge in [-0.1, -0.05) is 6.07 Å². The van der Waals surface area contributed by atoms with Gasteiger partial charge in [0.05, 0.1) is 4.92 Å². The van der Waals surface area contributed by atoms with Gasteiger partial charge in [0.1, 0.15) is 0 Å². The number of rotatable bonds is 4. The number of nitro groups is 1. The Balaban J connectivity index is 1.65. The second-order valence-electron chi connectivity index (χ2n) is 5.98. The predicted octanol–water partition coefficient (Wildman–Crippen LogP) is 2.59. The van der Waals surface area contributed by atoms with Crippen LogP contribution in [0.2, 0.25) is 0 Å². The fraction of sp³-hybridized carbons (Fsp3) is 0.105. The SMILES string of the molecule is CC(=O)Oc1ccc(/C=C2\N=C(c3ccc4c(c3)OCO4)OC2=O)cc1[N+](=O)[O-]. The molecule has 146 valence electrons. The van der Waals surface area contributed by atoms with Crippen molar-refractivity contribution in [1.29, 1.82) is 0 Å². The molecular weight excluding hydrogens is 384 g/mol. The van der Waals surface area contributed by atoms with Crippen molar-refractivity contribution in [1.82, 2.24) is 0 Å². The van der Waals surface area contributed by atoms with E-state index in [0.717, 1.165) is 6.92 Å². The quantitative estimate of drug-likeness (QED) is 0.254. The van der Waals surface area contributed by atoms with E-state index in [-0.39, 0.29) is 24.1 Å². The Morgan fingerprint density at radius 3 is 2.76 bits per heavy atom. The molecule has 0 fully saturated rings. The summed E-state index contributed by atoms with van der Waals surface area (Å²) in [7, 11) is 0. The van der Waals surface area contributed by atoms with Crippen molar-refractivity contribution in [3.05, 3.63) is 63.3 Å². The summed E-state index contributed by atoms with van der Waals surface area (Å²) >= 11 is 0. The lowest BCUT2D eigenvalue weighted by molar-refractivity contribution is -0.385. The molecule has 0 spiro atoms. The lowest BCUT2D eigenvalue weighted by atomic mass is 10.1. The highest BCUT2D eigenvalue weighted by Crippen LogP contribution is 2.34. The first kappa shape index (κ1) is 18.2. The number of esters is 2. The van der Waals surface area contributed by atoms with Crippen LogP contribution in [0.3, 0.4) is 0 Å². The van der Waals surface area contributed by atoms with Gasteiger partial charge in [0.2, 0.25) is 18.4 Å². The van der Waals surface area contributed by atoms with Crippen LogP contribution in [-0.2, 0) is 14.3 Å². The van der Waals surface area contributed by atoms with Gasteiger partial charge in [-0.15, -0.1) is 0 Å². The van der Waals surface area contributed by atoms with Crippen molar-refractivity contribution in [2.45, 2.75) is 6.92 Å². The maximum atomic E-state index is 12.2. The van der Waals surface area contributed by atoms with E-state index in [2.05, 4.69) is 4.99 Å². The number of carbonyl (C=O) groups is 2. The molecule has 0 aromatic heterocycles. The van der Waals surface area contributed by atoms with E-state index >= 15 is 0 Å². The highest BCUT2D eigenvalue weighted by Gasteiger charge is 2.26. The third-order valence-electron chi connectivity index (χ3n) is 3.98. The van der Waals surface area contributed by atoms with Crippen LogP contribution in [0.1, 0.15) is 18.1 Å². The minimum Gasteiger partial charge on any atom is -0.454 e. The minimum atomic E-state index is -0.704. The average molecular weight is 396 g/mol. The maximum Gasteiger partial charge on any atom is 0.363 e. The van der Waals surface area contributed by atoms with Crippen molar-refractivity contribution >= 4 is 29.6 Å². The van der Waals surface area contributed by atoms with Crippen LogP contribution in [-0.4, -0.2) is 29.6 Å². The molecular formula is C19H12N2O8. The van der Waals surface area contributed by atoms with Crippen molar-refractivity contribution in [2.75, 3.05) is 6.79 Å². The molecule has 2 aliphatic heterocycles. The van der Waals surface area contributed by atoms with Crippen LogP contribution in [0.4, 0.5) is 5.69 Å². The standard InChI is InChI=1S/C19H12N2O8/c1-10(22)28-15-4-2-11(7-14(15)21(24)25)6-13-19(23)29-18(20-13)12-3-5-16-17(8-12)27-9-26-16/h2-8H,9H2,1H3/b13-6-. The number of nitro benzene ring substituents is 1. The maximum absolute atomic E-state index is 12.2. The van der Waals surface area contributed by atoms with Gasteiger partial charge in [0, 0.05) is 18.6 Å². The first-order valence-corrected chi connectivity index (χ1v) is 8.30. The molecule has 29 heavy (non-hydrogen) atoms. The summed E-state index contributed by atoms with van der Waals surface area (Å²) in [6.45, 7) is 1.25. The molecule has 10 nitrogen and oxygen atoms in total. The third-order valence-corrected chi connectivity index (χ3v) is 3.98. The Kier molecular flexibility index (Phi) is 4.43. The van der Waals surface area contributed by atoms with Crippen molar-refractivity contribution in [2.24, 2.45) is 4.99 Å². The predicted molar refractivity (Wildman–Crippen MR) is 97.6 cm³/mol. The summed E-state index contributed by atoms with van der Waals surface area (Å²) in [4.78, 5) is 38.0. The van der Waals surface area contributed by atoms with Gasteiger partial charge in [0.25, 0.3) is 0 Å². The lowest BCUT2D eigenvalue weighted by Gasteiger charge is -2.03. The van der Waals surface area contributed by atoms with E-state index in [9.17, 15) is 19.7 Å². The third kappa shape index (κ3) is 3.63. The molecule has 2 aromatic carbocycles. The van der Waals surface area contributed by atoms with Crippen LogP contribution in [0.5, 0.6) is 17.2 Å². The van der Waals surface area contributed by atoms with Crippen molar-refractivity contribution in [3.8, 4) is 17.2 Å². The van der Waals surface area contributed by atoms with E-state index in [1.165, 1.54) is 24.3 Å². The Labute approximate surface area is 163 Å². The fourth-order valence-corrected chi connectivity index (χ4v) is 2.73. The molecule has 0 radical (unpaired) electrons. The van der Waals surface area contributed by atoms with E-state index in [1.807, 2.05) is 0 Å². The van der Waals surface area contributed by atoms with Crippen molar-refractivity contribution in [3.63, 3.8) is 0 Å². The van der Waals surface area contributed by atoms with Crippen LogP contribution >= 0.6 is 0 Å². The highest BCUT2D eigenvalue weighted by molar-refractivity contribution is 6.13. The monoisotopic (exact) mass is 396 g/mol. The van der Waals surface area contributed by atoms with Crippen LogP contribution in [0, 0.1) is 10.1 Å². The number of benzene rings is 2. The summed E-state index contributed by atoms with van der Waals surface area (Å²) in [5.74, 6) is -0.417. The molecule has 2 aliphatic rings. The van der Waals surface area contributed by atoms with Gasteiger partial charge in [0.15, 0.2) is 17.2 Å². The van der Waals surface area contributed by atoms with Crippen molar-refractivity contribution < 1.29 is 33.5 Å². The normalized spacial score (nSPS) is 15.8. The lowest BCUT2D eigenvalue weighted by Crippen LogP contribution is -2.05. The van der Waals surface area contributed by atoms with Crippen LogP contribution in [0.25, 0.3) is 6.08 Å². The molecule has 0 atom stereocenters. The van der Waals surface area contributed by atoms with Gasteiger partial charge < -0.3 is 18.9 Å². The second-order valence-corrected chi connectivity index (χ2v) is 5.98. The summed E-state index contributed by atoms with van der Waals surface area (Å²) in [5, 5.41) is 11.2. The zero-order valence-electron chi connectivity index (χ0n) is 14.9. The minimum absolute atomic E-state index is 0.0350. The Hall–Kier alpha value is -4.21. The summed E-state index contributed by atoms with van der Waals surface area (Å²) in [5.41, 5.74) is 0.380. The molecule has 10 heteroatoms. The molecule has 4 rings (SSSR count). The van der Waals surface area contributed by atoms with Gasteiger partial charge in [-0.3, -0.25) is 14.9 Å². The number of hydrogen-bond acceptors (Lipinski definition) is 9. The largest absolute Gasteiger partial charge is 0.454 e. The van der Waals surface area contributed by atoms with E-state index in [1.54, 1.807) is 18.2 Å². The molecule has 0 bridgehead atoms. The smallest absolute Gasteiger partial charge is 0.363 e. The summed E-state index contributed by atoms with van der Waals surface area (Å²) < 4.78 is 20.5. The number of fused-ring (bicyclic) bond motifs is 1. The zero-order chi connectivity index (χ0) is 20.5. The molecule has 0 N–H and O–H groups in total. The first-order chi connectivity index (χ1) is 13.9. The summed E-state index contributed by atoms with van der Waals surface area (Å²) in [6, 6.07) is 8.88. The number of hydrogen-bond donors (Lipinski definition) is 0. The summed E-state index contributed by atoms with van der Waals surface area (Å²) in [6.07, 6.45) is 1.34. The van der Waals surface area contributed by atoms with Gasteiger partial charge in [-0.2, -0.15) is 0 Å². The Bertz CT molecular complexity index is 1120. The molecule has 2 aromatic rings. The molecule has 2 heterocycles. The Morgan fingerprint density at radius 2 is 2.00 bits per heavy atom. The topological polar surface area (TPSA) is 127 Å². The molecule has 0 saturated carbocycles. The van der Waals surface area contributed by atoms with Gasteiger partial charge >= 0.3 is 17.6 Å². The zero-order valence-corrected chi connectivity index (χ0v) is 14.9. The van der Waals surface area contributed by atoms with E-state index < -0.39 is 22.5 Å². The molecule has 0 unspecified atom stereocenters. The second kappa shape index (κ2) is 7.08. The number of cyclic esters (lactones) is 1. The van der Waals surface area contributed by atoms with E-state index in [4.69, 9.17) is 18.9 Å².